The summed E-state index contributed by atoms with van der Waals surface area (Å²) in [6.07, 6.45) is 1.83. The van der Waals surface area contributed by atoms with Gasteiger partial charge in [-0.2, -0.15) is 0 Å². The van der Waals surface area contributed by atoms with Crippen molar-refractivity contribution in [2.45, 2.75) is 33.2 Å². The Morgan fingerprint density at radius 1 is 1.10 bits per heavy atom. The number of ether oxygens (including phenoxy) is 1. The smallest absolute Gasteiger partial charge is 0.308 e. The standard InChI is InChI=1S/C16H20N2O3/c1-3-5-11-21-14-12-15(19)18(17(4-2)16(14)20)13-9-7-6-8-10-13/h6-10,12H,3-5,11H2,1-2H3. The number of nitrogens with zero attached hydrogens (tertiary/aromatic N) is 2. The van der Waals surface area contributed by atoms with Crippen molar-refractivity contribution in [3.63, 3.8) is 0 Å². The molecule has 0 aliphatic carbocycles. The highest BCUT2D eigenvalue weighted by Crippen LogP contribution is 2.06. The first-order valence-corrected chi connectivity index (χ1v) is 7.24. The second-order valence-electron chi connectivity index (χ2n) is 4.72. The molecule has 0 aliphatic rings. The van der Waals surface area contributed by atoms with Gasteiger partial charge in [0.15, 0.2) is 5.75 Å². The van der Waals surface area contributed by atoms with E-state index in [0.717, 1.165) is 12.8 Å². The predicted molar refractivity (Wildman–Crippen MR) is 82.4 cm³/mol. The van der Waals surface area contributed by atoms with Gasteiger partial charge in [0, 0.05) is 6.54 Å². The third kappa shape index (κ3) is 3.24. The van der Waals surface area contributed by atoms with Gasteiger partial charge in [-0.15, -0.1) is 0 Å². The van der Waals surface area contributed by atoms with E-state index in [2.05, 4.69) is 0 Å². The Kier molecular flexibility index (Phi) is 4.98. The molecule has 0 radical (unpaired) electrons. The van der Waals surface area contributed by atoms with E-state index in [1.165, 1.54) is 15.4 Å². The Morgan fingerprint density at radius 2 is 1.81 bits per heavy atom. The molecule has 1 aromatic carbocycles. The highest BCUT2D eigenvalue weighted by molar-refractivity contribution is 5.31. The van der Waals surface area contributed by atoms with Crippen molar-refractivity contribution in [1.29, 1.82) is 0 Å². The quantitative estimate of drug-likeness (QED) is 0.766. The van der Waals surface area contributed by atoms with E-state index < -0.39 is 0 Å². The van der Waals surface area contributed by atoms with Crippen LogP contribution in [0, 0.1) is 0 Å². The molecule has 0 saturated carbocycles. The predicted octanol–water partition coefficient (Wildman–Crippen LogP) is 2.20. The number of benzene rings is 1. The maximum Gasteiger partial charge on any atom is 0.308 e. The molecule has 0 spiro atoms. The van der Waals surface area contributed by atoms with Crippen LogP contribution in [0.1, 0.15) is 26.7 Å². The minimum Gasteiger partial charge on any atom is -0.488 e. The van der Waals surface area contributed by atoms with Crippen molar-refractivity contribution in [2.75, 3.05) is 6.61 Å². The summed E-state index contributed by atoms with van der Waals surface area (Å²) < 4.78 is 8.23. The minimum atomic E-state index is -0.281. The van der Waals surface area contributed by atoms with Gasteiger partial charge >= 0.3 is 5.56 Å². The molecular formula is C16H20N2O3. The maximum absolute atomic E-state index is 12.4. The van der Waals surface area contributed by atoms with E-state index in [1.807, 2.05) is 32.0 Å². The molecule has 0 fully saturated rings. The van der Waals surface area contributed by atoms with Gasteiger partial charge in [-0.1, -0.05) is 31.5 Å². The van der Waals surface area contributed by atoms with Crippen molar-refractivity contribution >= 4 is 0 Å². The minimum absolute atomic E-state index is 0.127. The van der Waals surface area contributed by atoms with Crippen LogP contribution in [0.5, 0.6) is 5.75 Å². The molecule has 2 rings (SSSR count). The van der Waals surface area contributed by atoms with Gasteiger partial charge in [0.05, 0.1) is 18.4 Å². The van der Waals surface area contributed by atoms with Crippen LogP contribution >= 0.6 is 0 Å². The van der Waals surface area contributed by atoms with Crippen LogP contribution in [-0.2, 0) is 6.54 Å². The lowest BCUT2D eigenvalue weighted by atomic mass is 10.3. The van der Waals surface area contributed by atoms with Crippen molar-refractivity contribution in [3.8, 4) is 11.4 Å². The van der Waals surface area contributed by atoms with Gasteiger partial charge < -0.3 is 4.74 Å². The molecule has 1 aromatic heterocycles. The number of hydrogen-bond acceptors (Lipinski definition) is 3. The number of aromatic nitrogens is 2. The van der Waals surface area contributed by atoms with Crippen LogP contribution in [0.4, 0.5) is 0 Å². The highest BCUT2D eigenvalue weighted by Gasteiger charge is 2.12. The fourth-order valence-corrected chi connectivity index (χ4v) is 2.12. The molecule has 0 amide bonds. The molecular weight excluding hydrogens is 268 g/mol. The zero-order valence-corrected chi connectivity index (χ0v) is 12.4. The van der Waals surface area contributed by atoms with Gasteiger partial charge in [-0.25, -0.2) is 9.36 Å². The molecule has 0 atom stereocenters. The maximum atomic E-state index is 12.4. The van der Waals surface area contributed by atoms with Crippen LogP contribution in [0.2, 0.25) is 0 Å². The molecule has 0 N–H and O–H groups in total. The van der Waals surface area contributed by atoms with Crippen LogP contribution in [0.25, 0.3) is 5.69 Å². The molecule has 1 heterocycles. The van der Waals surface area contributed by atoms with Gasteiger partial charge in [-0.05, 0) is 25.5 Å². The van der Waals surface area contributed by atoms with E-state index in [1.54, 1.807) is 12.1 Å². The summed E-state index contributed by atoms with van der Waals surface area (Å²) in [6.45, 7) is 4.72. The molecule has 0 aliphatic heterocycles. The van der Waals surface area contributed by atoms with Crippen LogP contribution in [0.15, 0.2) is 46.0 Å². The van der Waals surface area contributed by atoms with Crippen molar-refractivity contribution in [3.05, 3.63) is 57.1 Å². The second kappa shape index (κ2) is 6.92. The van der Waals surface area contributed by atoms with Crippen LogP contribution in [0.3, 0.4) is 0 Å². The van der Waals surface area contributed by atoms with E-state index in [9.17, 15) is 9.59 Å². The largest absolute Gasteiger partial charge is 0.488 e. The summed E-state index contributed by atoms with van der Waals surface area (Å²) >= 11 is 0. The van der Waals surface area contributed by atoms with Crippen LogP contribution < -0.4 is 15.9 Å². The molecule has 2 aromatic rings. The van der Waals surface area contributed by atoms with Crippen LogP contribution in [-0.4, -0.2) is 16.0 Å². The van der Waals surface area contributed by atoms with E-state index in [-0.39, 0.29) is 16.9 Å². The van der Waals surface area contributed by atoms with Crippen molar-refractivity contribution in [2.24, 2.45) is 0 Å². The SMILES string of the molecule is CCCCOc1cc(=O)n(-c2ccccc2)n(CC)c1=O. The lowest BCUT2D eigenvalue weighted by Gasteiger charge is -2.15. The third-order valence-corrected chi connectivity index (χ3v) is 3.21. The zero-order chi connectivity index (χ0) is 15.2. The number of hydrogen-bond donors (Lipinski definition) is 0. The molecule has 0 unspecified atom stereocenters. The molecule has 21 heavy (non-hydrogen) atoms. The summed E-state index contributed by atoms with van der Waals surface area (Å²) in [4.78, 5) is 24.7. The van der Waals surface area contributed by atoms with Gasteiger partial charge in [-0.3, -0.25) is 9.59 Å². The Hall–Kier alpha value is -2.30. The van der Waals surface area contributed by atoms with Gasteiger partial charge in [0.2, 0.25) is 0 Å². The normalized spacial score (nSPS) is 10.6. The molecule has 5 nitrogen and oxygen atoms in total. The lowest BCUT2D eigenvalue weighted by Crippen LogP contribution is -2.37. The molecule has 0 saturated heterocycles. The molecule has 0 bridgehead atoms. The number of unbranched alkanes of at least 4 members (excludes halogenated alkanes) is 1. The lowest BCUT2D eigenvalue weighted by molar-refractivity contribution is 0.297. The Morgan fingerprint density at radius 3 is 2.43 bits per heavy atom. The van der Waals surface area contributed by atoms with E-state index in [0.29, 0.717) is 18.8 Å². The second-order valence-corrected chi connectivity index (χ2v) is 4.72. The summed E-state index contributed by atoms with van der Waals surface area (Å²) in [5, 5.41) is 0. The first-order chi connectivity index (χ1) is 10.2. The van der Waals surface area contributed by atoms with Crippen molar-refractivity contribution < 1.29 is 4.74 Å². The molecule has 5 heteroatoms. The monoisotopic (exact) mass is 288 g/mol. The van der Waals surface area contributed by atoms with Crippen molar-refractivity contribution in [1.82, 2.24) is 9.36 Å². The molecule has 112 valence electrons. The summed E-state index contributed by atoms with van der Waals surface area (Å²) in [5.74, 6) is 0.127. The van der Waals surface area contributed by atoms with Gasteiger partial charge in [0.25, 0.3) is 5.56 Å². The van der Waals surface area contributed by atoms with E-state index >= 15 is 0 Å². The van der Waals surface area contributed by atoms with E-state index in [4.69, 9.17) is 4.74 Å². The Balaban J connectivity index is 2.51. The van der Waals surface area contributed by atoms with Gasteiger partial charge in [0.1, 0.15) is 0 Å². The summed E-state index contributed by atoms with van der Waals surface area (Å²) in [6, 6.07) is 10.4. The highest BCUT2D eigenvalue weighted by atomic mass is 16.5. The average molecular weight is 288 g/mol. The fourth-order valence-electron chi connectivity index (χ4n) is 2.12. The number of para-hydroxylation sites is 1. The zero-order valence-electron chi connectivity index (χ0n) is 12.4. The summed E-state index contributed by atoms with van der Waals surface area (Å²) in [7, 11) is 0. The first kappa shape index (κ1) is 15.1. The third-order valence-electron chi connectivity index (χ3n) is 3.21. The fraction of sp³-hybridized carbons (Fsp3) is 0.375. The number of rotatable bonds is 6. The summed E-state index contributed by atoms with van der Waals surface area (Å²) in [5.41, 5.74) is 0.118. The topological polar surface area (TPSA) is 53.2 Å². The Bertz CT molecular complexity index is 702. The first-order valence-electron chi connectivity index (χ1n) is 7.24. The average Bonchev–Trinajstić information content (AvgIpc) is 2.51. The Labute approximate surface area is 123 Å².